The molecule has 1 aromatic rings. The van der Waals surface area contributed by atoms with Gasteiger partial charge in [-0.1, -0.05) is 0 Å². The lowest BCUT2D eigenvalue weighted by Gasteiger charge is -2.22. The van der Waals surface area contributed by atoms with E-state index in [-0.39, 0.29) is 36.1 Å². The van der Waals surface area contributed by atoms with E-state index in [4.69, 9.17) is 0 Å². The maximum atomic E-state index is 12.3. The van der Waals surface area contributed by atoms with Gasteiger partial charge in [0.1, 0.15) is 5.82 Å². The molecule has 7 heteroatoms. The third kappa shape index (κ3) is 4.73. The summed E-state index contributed by atoms with van der Waals surface area (Å²) in [5.41, 5.74) is 0.455. The Hall–Kier alpha value is -1.04. The molecule has 0 saturated carbocycles. The Labute approximate surface area is 145 Å². The summed E-state index contributed by atoms with van der Waals surface area (Å²) in [5, 5.41) is 6.20. The molecule has 0 aliphatic carbocycles. The lowest BCUT2D eigenvalue weighted by Crippen LogP contribution is -2.35. The number of rotatable bonds is 5. The highest BCUT2D eigenvalue weighted by molar-refractivity contribution is 5.95. The zero-order valence-electron chi connectivity index (χ0n) is 13.4. The van der Waals surface area contributed by atoms with E-state index in [9.17, 15) is 4.79 Å². The first-order valence-electron chi connectivity index (χ1n) is 7.32. The molecule has 2 rings (SSSR count). The lowest BCUT2D eigenvalue weighted by molar-refractivity contribution is -0.123. The SMILES string of the molecule is CCN(CC)c1ccc(NC(=O)C2(C)CCNC2)cn1.Cl.Cl. The van der Waals surface area contributed by atoms with Crippen molar-refractivity contribution in [2.24, 2.45) is 5.41 Å². The molecule has 0 radical (unpaired) electrons. The normalized spacial score (nSPS) is 19.8. The van der Waals surface area contributed by atoms with E-state index in [1.807, 2.05) is 19.1 Å². The first-order chi connectivity index (χ1) is 9.59. The summed E-state index contributed by atoms with van der Waals surface area (Å²) in [4.78, 5) is 18.9. The predicted octanol–water partition coefficient (Wildman–Crippen LogP) is 2.71. The van der Waals surface area contributed by atoms with Crippen molar-refractivity contribution in [1.82, 2.24) is 10.3 Å². The summed E-state index contributed by atoms with van der Waals surface area (Å²) >= 11 is 0. The van der Waals surface area contributed by atoms with Crippen LogP contribution in [-0.4, -0.2) is 37.1 Å². The monoisotopic (exact) mass is 348 g/mol. The summed E-state index contributed by atoms with van der Waals surface area (Å²) in [6.07, 6.45) is 2.61. The van der Waals surface area contributed by atoms with Crippen molar-refractivity contribution in [2.75, 3.05) is 36.4 Å². The third-order valence-corrected chi connectivity index (χ3v) is 4.01. The number of hydrogen-bond acceptors (Lipinski definition) is 4. The number of aromatic nitrogens is 1. The van der Waals surface area contributed by atoms with Crippen molar-refractivity contribution in [3.8, 4) is 0 Å². The number of amides is 1. The Balaban J connectivity index is 0.00000220. The number of halogens is 2. The number of pyridine rings is 1. The van der Waals surface area contributed by atoms with Gasteiger partial charge in [0.15, 0.2) is 0 Å². The summed E-state index contributed by atoms with van der Waals surface area (Å²) in [6.45, 7) is 9.72. The molecule has 1 aliphatic heterocycles. The van der Waals surface area contributed by atoms with Crippen LogP contribution in [0.5, 0.6) is 0 Å². The Morgan fingerprint density at radius 2 is 2.05 bits per heavy atom. The van der Waals surface area contributed by atoms with Crippen molar-refractivity contribution in [1.29, 1.82) is 0 Å². The summed E-state index contributed by atoms with van der Waals surface area (Å²) in [7, 11) is 0. The molecular weight excluding hydrogens is 323 g/mol. The van der Waals surface area contributed by atoms with Crippen molar-refractivity contribution in [2.45, 2.75) is 27.2 Å². The second-order valence-electron chi connectivity index (χ2n) is 5.52. The van der Waals surface area contributed by atoms with Gasteiger partial charge >= 0.3 is 0 Å². The van der Waals surface area contributed by atoms with Crippen LogP contribution in [0.3, 0.4) is 0 Å². The standard InChI is InChI=1S/C15H24N4O.2ClH/c1-4-19(5-2)13-7-6-12(10-17-13)18-14(20)15(3)8-9-16-11-15;;/h6-7,10,16H,4-5,8-9,11H2,1-3H3,(H,18,20);2*1H. The third-order valence-electron chi connectivity index (χ3n) is 4.01. The molecule has 1 fully saturated rings. The Morgan fingerprint density at radius 1 is 1.36 bits per heavy atom. The quantitative estimate of drug-likeness (QED) is 0.858. The smallest absolute Gasteiger partial charge is 0.231 e. The molecule has 1 saturated heterocycles. The van der Waals surface area contributed by atoms with Crippen molar-refractivity contribution in [3.63, 3.8) is 0 Å². The predicted molar refractivity (Wildman–Crippen MR) is 96.5 cm³/mol. The van der Waals surface area contributed by atoms with Crippen LogP contribution in [0.1, 0.15) is 27.2 Å². The van der Waals surface area contributed by atoms with E-state index in [0.29, 0.717) is 0 Å². The van der Waals surface area contributed by atoms with Crippen LogP contribution in [0.2, 0.25) is 0 Å². The number of carbonyl (C=O) groups excluding carboxylic acids is 1. The Morgan fingerprint density at radius 3 is 2.50 bits per heavy atom. The summed E-state index contributed by atoms with van der Waals surface area (Å²) < 4.78 is 0. The molecule has 22 heavy (non-hydrogen) atoms. The van der Waals surface area contributed by atoms with Gasteiger partial charge in [-0.05, 0) is 45.9 Å². The molecule has 126 valence electrons. The highest BCUT2D eigenvalue weighted by Crippen LogP contribution is 2.26. The molecular formula is C15H26Cl2N4O. The van der Waals surface area contributed by atoms with Gasteiger partial charge in [-0.15, -0.1) is 24.8 Å². The van der Waals surface area contributed by atoms with Gasteiger partial charge in [0.25, 0.3) is 0 Å². The van der Waals surface area contributed by atoms with Crippen LogP contribution in [0.25, 0.3) is 0 Å². The van der Waals surface area contributed by atoms with E-state index >= 15 is 0 Å². The molecule has 2 N–H and O–H groups in total. The van der Waals surface area contributed by atoms with E-state index in [1.165, 1.54) is 0 Å². The van der Waals surface area contributed by atoms with Crippen LogP contribution in [0, 0.1) is 5.41 Å². The fraction of sp³-hybridized carbons (Fsp3) is 0.600. The molecule has 0 spiro atoms. The molecule has 0 bridgehead atoms. The lowest BCUT2D eigenvalue weighted by atomic mass is 9.89. The topological polar surface area (TPSA) is 57.3 Å². The fourth-order valence-electron chi connectivity index (χ4n) is 2.49. The Kier molecular flexibility index (Phi) is 8.74. The minimum atomic E-state index is -0.308. The first kappa shape index (κ1) is 21.0. The minimum absolute atomic E-state index is 0. The summed E-state index contributed by atoms with van der Waals surface area (Å²) in [6, 6.07) is 3.88. The molecule has 1 amide bonds. The highest BCUT2D eigenvalue weighted by Gasteiger charge is 2.36. The maximum absolute atomic E-state index is 12.3. The van der Waals surface area contributed by atoms with Gasteiger partial charge in [0.05, 0.1) is 17.3 Å². The number of anilines is 2. The van der Waals surface area contributed by atoms with Crippen LogP contribution in [0.15, 0.2) is 18.3 Å². The molecule has 1 aromatic heterocycles. The highest BCUT2D eigenvalue weighted by atomic mass is 35.5. The van der Waals surface area contributed by atoms with Gasteiger partial charge in [-0.25, -0.2) is 4.98 Å². The van der Waals surface area contributed by atoms with Crippen molar-refractivity contribution >= 4 is 42.2 Å². The fourth-order valence-corrected chi connectivity index (χ4v) is 2.49. The zero-order chi connectivity index (χ0) is 14.6. The average Bonchev–Trinajstić information content (AvgIpc) is 2.90. The minimum Gasteiger partial charge on any atom is -0.357 e. The molecule has 2 heterocycles. The second kappa shape index (κ2) is 9.18. The van der Waals surface area contributed by atoms with E-state index < -0.39 is 0 Å². The van der Waals surface area contributed by atoms with E-state index in [0.717, 1.165) is 44.1 Å². The first-order valence-corrected chi connectivity index (χ1v) is 7.32. The maximum Gasteiger partial charge on any atom is 0.231 e. The van der Waals surface area contributed by atoms with Crippen LogP contribution in [-0.2, 0) is 4.79 Å². The number of nitrogens with one attached hydrogen (secondary N) is 2. The number of carbonyl (C=O) groups is 1. The Bertz CT molecular complexity index is 457. The van der Waals surface area contributed by atoms with Crippen LogP contribution < -0.4 is 15.5 Å². The molecule has 1 aliphatic rings. The largest absolute Gasteiger partial charge is 0.357 e. The van der Waals surface area contributed by atoms with E-state index in [2.05, 4.69) is 34.4 Å². The van der Waals surface area contributed by atoms with Crippen LogP contribution in [0.4, 0.5) is 11.5 Å². The number of nitrogens with zero attached hydrogens (tertiary/aromatic N) is 2. The van der Waals surface area contributed by atoms with Crippen molar-refractivity contribution in [3.05, 3.63) is 18.3 Å². The van der Waals surface area contributed by atoms with Gasteiger partial charge in [0, 0.05) is 19.6 Å². The van der Waals surface area contributed by atoms with Gasteiger partial charge in [-0.2, -0.15) is 0 Å². The molecule has 0 aromatic carbocycles. The molecule has 1 atom stereocenters. The van der Waals surface area contributed by atoms with Crippen molar-refractivity contribution < 1.29 is 4.79 Å². The summed E-state index contributed by atoms with van der Waals surface area (Å²) in [5.74, 6) is 1.02. The molecule has 5 nitrogen and oxygen atoms in total. The second-order valence-corrected chi connectivity index (χ2v) is 5.52. The van der Waals surface area contributed by atoms with E-state index in [1.54, 1.807) is 6.20 Å². The number of hydrogen-bond donors (Lipinski definition) is 2. The molecule has 1 unspecified atom stereocenters. The average molecular weight is 349 g/mol. The van der Waals surface area contributed by atoms with Gasteiger partial charge in [-0.3, -0.25) is 4.79 Å². The van der Waals surface area contributed by atoms with Gasteiger partial charge < -0.3 is 15.5 Å². The van der Waals surface area contributed by atoms with Crippen LogP contribution >= 0.6 is 24.8 Å². The zero-order valence-corrected chi connectivity index (χ0v) is 15.0. The van der Waals surface area contributed by atoms with Gasteiger partial charge in [0.2, 0.25) is 5.91 Å².